The summed E-state index contributed by atoms with van der Waals surface area (Å²) in [6.45, 7) is 5.31. The van der Waals surface area contributed by atoms with E-state index in [1.165, 1.54) is 9.75 Å². The lowest BCUT2D eigenvalue weighted by Crippen LogP contribution is -2.49. The molecular formula is C22H24N4OS3. The Labute approximate surface area is 188 Å². The van der Waals surface area contributed by atoms with E-state index in [0.29, 0.717) is 6.54 Å². The third-order valence-electron chi connectivity index (χ3n) is 5.63. The van der Waals surface area contributed by atoms with Gasteiger partial charge < -0.3 is 0 Å². The van der Waals surface area contributed by atoms with Gasteiger partial charge in [-0.2, -0.15) is 5.10 Å². The molecule has 0 N–H and O–H groups in total. The maximum absolute atomic E-state index is 13.2. The van der Waals surface area contributed by atoms with Crippen molar-refractivity contribution in [3.63, 3.8) is 0 Å². The fraction of sp³-hybridized carbons (Fsp3) is 0.364. The zero-order valence-electron chi connectivity index (χ0n) is 16.6. The minimum atomic E-state index is 0.0229. The van der Waals surface area contributed by atoms with Crippen molar-refractivity contribution < 1.29 is 4.79 Å². The monoisotopic (exact) mass is 456 g/mol. The first-order valence-corrected chi connectivity index (χ1v) is 12.8. The van der Waals surface area contributed by atoms with Crippen LogP contribution in [0.1, 0.15) is 27.1 Å². The van der Waals surface area contributed by atoms with Crippen LogP contribution in [-0.4, -0.2) is 59.2 Å². The number of piperazine rings is 1. The normalized spacial score (nSPS) is 20.6. The molecule has 0 spiro atoms. The van der Waals surface area contributed by atoms with Crippen LogP contribution in [0.15, 0.2) is 57.6 Å². The summed E-state index contributed by atoms with van der Waals surface area (Å²) in [6.07, 6.45) is 0.793. The molecule has 0 radical (unpaired) electrons. The summed E-state index contributed by atoms with van der Waals surface area (Å²) in [5.41, 5.74) is 1.03. The van der Waals surface area contributed by atoms with Gasteiger partial charge in [0.05, 0.1) is 23.2 Å². The number of hydrogen-bond donors (Lipinski definition) is 0. The molecule has 30 heavy (non-hydrogen) atoms. The second-order valence-corrected chi connectivity index (χ2v) is 10.6. The molecule has 0 aliphatic carbocycles. The molecule has 3 aromatic rings. The van der Waals surface area contributed by atoms with Gasteiger partial charge in [0.1, 0.15) is 0 Å². The topological polar surface area (TPSA) is 39.2 Å². The van der Waals surface area contributed by atoms with Crippen molar-refractivity contribution >= 4 is 45.6 Å². The van der Waals surface area contributed by atoms with Crippen LogP contribution in [0.4, 0.5) is 0 Å². The third kappa shape index (κ3) is 4.43. The number of nitrogens with zero attached hydrogens (tertiary/aromatic N) is 4. The number of hydrazone groups is 1. The Kier molecular flexibility index (Phi) is 6.10. The molecule has 0 aromatic carbocycles. The van der Waals surface area contributed by atoms with Crippen LogP contribution in [0.2, 0.25) is 0 Å². The summed E-state index contributed by atoms with van der Waals surface area (Å²) in [6, 6.07) is 12.6. The number of hydrogen-bond acceptors (Lipinski definition) is 7. The number of rotatable bonds is 6. The highest BCUT2D eigenvalue weighted by Gasteiger charge is 2.35. The summed E-state index contributed by atoms with van der Waals surface area (Å²) in [4.78, 5) is 21.8. The second kappa shape index (κ2) is 9.11. The maximum atomic E-state index is 13.2. The smallest absolute Gasteiger partial charge is 0.257 e. The lowest BCUT2D eigenvalue weighted by Gasteiger charge is -2.34. The zero-order chi connectivity index (χ0) is 20.3. The molecule has 3 aromatic heterocycles. The van der Waals surface area contributed by atoms with Crippen molar-refractivity contribution in [1.82, 2.24) is 14.8 Å². The van der Waals surface area contributed by atoms with Crippen molar-refractivity contribution in [3.05, 3.63) is 67.2 Å². The first kappa shape index (κ1) is 20.1. The first-order chi connectivity index (χ1) is 14.8. The molecule has 5 nitrogen and oxygen atoms in total. The predicted molar refractivity (Wildman–Crippen MR) is 125 cm³/mol. The van der Waals surface area contributed by atoms with E-state index >= 15 is 0 Å². The van der Waals surface area contributed by atoms with Crippen molar-refractivity contribution in [2.24, 2.45) is 5.10 Å². The average Bonchev–Trinajstić information content (AvgIpc) is 3.56. The highest BCUT2D eigenvalue weighted by molar-refractivity contribution is 7.12. The van der Waals surface area contributed by atoms with E-state index in [1.807, 2.05) is 17.4 Å². The summed E-state index contributed by atoms with van der Waals surface area (Å²) in [5, 5.41) is 12.8. The lowest BCUT2D eigenvalue weighted by atomic mass is 10.1. The molecule has 5 rings (SSSR count). The maximum Gasteiger partial charge on any atom is 0.257 e. The van der Waals surface area contributed by atoms with Gasteiger partial charge in [-0.05, 0) is 34.3 Å². The Morgan fingerprint density at radius 1 is 0.933 bits per heavy atom. The number of thiophene rings is 3. The van der Waals surface area contributed by atoms with Crippen LogP contribution >= 0.6 is 34.0 Å². The van der Waals surface area contributed by atoms with Crippen molar-refractivity contribution in [1.29, 1.82) is 0 Å². The molecule has 5 heterocycles. The Morgan fingerprint density at radius 2 is 1.67 bits per heavy atom. The highest BCUT2D eigenvalue weighted by atomic mass is 32.1. The van der Waals surface area contributed by atoms with E-state index in [9.17, 15) is 4.79 Å². The Morgan fingerprint density at radius 3 is 2.37 bits per heavy atom. The zero-order valence-corrected chi connectivity index (χ0v) is 19.1. The number of carbonyl (C=O) groups is 1. The minimum Gasteiger partial charge on any atom is -0.296 e. The molecule has 1 amide bonds. The molecular weight excluding hydrogens is 432 g/mol. The molecule has 0 saturated carbocycles. The fourth-order valence-corrected chi connectivity index (χ4v) is 6.31. The summed E-state index contributed by atoms with van der Waals surface area (Å²) >= 11 is 5.21. The molecule has 1 saturated heterocycles. The van der Waals surface area contributed by atoms with E-state index in [1.54, 1.807) is 27.7 Å². The van der Waals surface area contributed by atoms with Gasteiger partial charge in [-0.1, -0.05) is 18.2 Å². The summed E-state index contributed by atoms with van der Waals surface area (Å²) in [7, 11) is 0. The fourth-order valence-electron chi connectivity index (χ4n) is 4.03. The summed E-state index contributed by atoms with van der Waals surface area (Å²) in [5.74, 6) is 0.103. The Balaban J connectivity index is 1.23. The Hall–Kier alpha value is -1.84. The van der Waals surface area contributed by atoms with E-state index in [-0.39, 0.29) is 11.9 Å². The van der Waals surface area contributed by atoms with Crippen molar-refractivity contribution in [2.75, 3.05) is 32.7 Å². The second-order valence-electron chi connectivity index (χ2n) is 7.63. The Bertz CT molecular complexity index is 974. The van der Waals surface area contributed by atoms with E-state index < -0.39 is 0 Å². The van der Waals surface area contributed by atoms with Crippen LogP contribution < -0.4 is 0 Å². The molecule has 1 unspecified atom stereocenters. The van der Waals surface area contributed by atoms with Gasteiger partial charge in [0.2, 0.25) is 0 Å². The summed E-state index contributed by atoms with van der Waals surface area (Å²) < 4.78 is 0. The van der Waals surface area contributed by atoms with Crippen molar-refractivity contribution in [2.45, 2.75) is 19.0 Å². The van der Waals surface area contributed by atoms with Crippen LogP contribution in [0.5, 0.6) is 0 Å². The molecule has 0 bridgehead atoms. The van der Waals surface area contributed by atoms with Gasteiger partial charge >= 0.3 is 0 Å². The molecule has 1 atom stereocenters. The van der Waals surface area contributed by atoms with E-state index in [4.69, 9.17) is 5.10 Å². The van der Waals surface area contributed by atoms with Crippen molar-refractivity contribution in [3.8, 4) is 0 Å². The van der Waals surface area contributed by atoms with Gasteiger partial charge in [-0.25, -0.2) is 5.01 Å². The average molecular weight is 457 g/mol. The SMILES string of the molecule is O=C(CN1CCN(Cc2cccs2)CC1)N1N=C(c2cccs2)CC1c1cccs1. The van der Waals surface area contributed by atoms with E-state index in [2.05, 4.69) is 56.3 Å². The van der Waals surface area contributed by atoms with Crippen LogP contribution in [0, 0.1) is 0 Å². The largest absolute Gasteiger partial charge is 0.296 e. The lowest BCUT2D eigenvalue weighted by molar-refractivity contribution is -0.134. The minimum absolute atomic E-state index is 0.0229. The van der Waals surface area contributed by atoms with Gasteiger partial charge in [0.25, 0.3) is 5.91 Å². The molecule has 8 heteroatoms. The van der Waals surface area contributed by atoms with E-state index in [0.717, 1.165) is 49.7 Å². The van der Waals surface area contributed by atoms with Crippen LogP contribution in [-0.2, 0) is 11.3 Å². The van der Waals surface area contributed by atoms with Gasteiger partial charge in [0.15, 0.2) is 0 Å². The molecule has 156 valence electrons. The van der Waals surface area contributed by atoms with Crippen LogP contribution in [0.3, 0.4) is 0 Å². The quantitative estimate of drug-likeness (QED) is 0.553. The molecule has 1 fully saturated rings. The predicted octanol–water partition coefficient (Wildman–Crippen LogP) is 4.37. The highest BCUT2D eigenvalue weighted by Crippen LogP contribution is 2.36. The van der Waals surface area contributed by atoms with Gasteiger partial charge in [-0.3, -0.25) is 14.6 Å². The molecule has 2 aliphatic rings. The number of carbonyl (C=O) groups excluding carboxylic acids is 1. The third-order valence-corrected chi connectivity index (χ3v) is 8.38. The molecule has 2 aliphatic heterocycles. The van der Waals surface area contributed by atoms with Gasteiger partial charge in [0, 0.05) is 48.9 Å². The standard InChI is InChI=1S/C22H24N4OS3/c27-22(16-25-9-7-24(8-10-25)15-17-4-1-11-28-17)26-19(21-6-3-13-30-21)14-18(23-26)20-5-2-12-29-20/h1-6,11-13,19H,7-10,14-16H2. The van der Waals surface area contributed by atoms with Gasteiger partial charge in [-0.15, -0.1) is 34.0 Å². The van der Waals surface area contributed by atoms with Crippen LogP contribution in [0.25, 0.3) is 0 Å². The first-order valence-electron chi connectivity index (χ1n) is 10.2. The number of amides is 1.